The van der Waals surface area contributed by atoms with Crippen molar-refractivity contribution in [1.82, 2.24) is 0 Å². The van der Waals surface area contributed by atoms with Gasteiger partial charge in [-0.25, -0.2) is 0 Å². The summed E-state index contributed by atoms with van der Waals surface area (Å²) in [7, 11) is -4.52. The van der Waals surface area contributed by atoms with Crippen molar-refractivity contribution in [3.63, 3.8) is 0 Å². The Morgan fingerprint density at radius 1 is 1.19 bits per heavy atom. The zero-order valence-corrected chi connectivity index (χ0v) is 9.46. The van der Waals surface area contributed by atoms with Crippen molar-refractivity contribution in [3.05, 3.63) is 35.4 Å². The molecule has 0 aliphatic carbocycles. The molecule has 2 aromatic rings. The van der Waals surface area contributed by atoms with Gasteiger partial charge < -0.3 is 5.11 Å². The maximum absolute atomic E-state index is 11.2. The van der Waals surface area contributed by atoms with Crippen LogP contribution < -0.4 is 0 Å². The van der Waals surface area contributed by atoms with Crippen molar-refractivity contribution in [1.29, 1.82) is 0 Å². The van der Waals surface area contributed by atoms with Crippen molar-refractivity contribution in [2.75, 3.05) is 0 Å². The number of phenolic OH excluding ortho intramolecular Hbond substituents is 1. The second-order valence-corrected chi connectivity index (χ2v) is 5.00. The Morgan fingerprint density at radius 3 is 2.44 bits per heavy atom. The summed E-state index contributed by atoms with van der Waals surface area (Å²) in [5.41, 5.74) is 0. The van der Waals surface area contributed by atoms with Crippen molar-refractivity contribution in [2.24, 2.45) is 0 Å². The lowest BCUT2D eigenvalue weighted by molar-refractivity contribution is 0.446. The molecule has 0 saturated carbocycles. The van der Waals surface area contributed by atoms with Gasteiger partial charge in [0.25, 0.3) is 10.1 Å². The summed E-state index contributed by atoms with van der Waals surface area (Å²) in [4.78, 5) is -0.560. The molecule has 0 aliphatic heterocycles. The summed E-state index contributed by atoms with van der Waals surface area (Å²) in [6.07, 6.45) is 0. The Labute approximate surface area is 96.8 Å². The van der Waals surface area contributed by atoms with Crippen LogP contribution in [0.15, 0.2) is 35.2 Å². The van der Waals surface area contributed by atoms with Crippen LogP contribution in [-0.2, 0) is 10.1 Å². The number of aromatic hydroxyl groups is 1. The molecule has 84 valence electrons. The first-order valence-corrected chi connectivity index (χ1v) is 6.11. The number of hydrogen-bond acceptors (Lipinski definition) is 3. The van der Waals surface area contributed by atoms with E-state index in [0.29, 0.717) is 5.39 Å². The summed E-state index contributed by atoms with van der Waals surface area (Å²) in [5, 5.41) is 10.2. The number of halogens is 1. The highest BCUT2D eigenvalue weighted by molar-refractivity contribution is 7.86. The molecular formula is C10H7ClO4S. The molecule has 0 radical (unpaired) electrons. The zero-order valence-electron chi connectivity index (χ0n) is 7.88. The highest BCUT2D eigenvalue weighted by atomic mass is 35.5. The largest absolute Gasteiger partial charge is 0.505 e. The minimum absolute atomic E-state index is 0.119. The highest BCUT2D eigenvalue weighted by Gasteiger charge is 2.21. The Balaban J connectivity index is 3.05. The minimum Gasteiger partial charge on any atom is -0.505 e. The lowest BCUT2D eigenvalue weighted by Crippen LogP contribution is -2.00. The number of rotatable bonds is 1. The van der Waals surface area contributed by atoms with Gasteiger partial charge in [0.05, 0.1) is 5.02 Å². The standard InChI is InChI=1S/C10H7ClO4S/c11-8-5-6-3-1-2-4-7(6)10(9(8)12)16(13,14)15/h1-5,12H,(H,13,14,15). The molecule has 0 spiro atoms. The van der Waals surface area contributed by atoms with Gasteiger partial charge in [-0.15, -0.1) is 0 Å². The lowest BCUT2D eigenvalue weighted by Gasteiger charge is -2.07. The minimum atomic E-state index is -4.52. The van der Waals surface area contributed by atoms with E-state index in [0.717, 1.165) is 0 Å². The van der Waals surface area contributed by atoms with E-state index in [1.807, 2.05) is 0 Å². The fraction of sp³-hybridized carbons (Fsp3) is 0. The Morgan fingerprint density at radius 2 is 1.81 bits per heavy atom. The predicted octanol–water partition coefficient (Wildman–Crippen LogP) is 2.45. The monoisotopic (exact) mass is 258 g/mol. The Kier molecular flexibility index (Phi) is 2.53. The fourth-order valence-corrected chi connectivity index (χ4v) is 2.62. The van der Waals surface area contributed by atoms with Gasteiger partial charge in [0, 0.05) is 5.39 Å². The first-order valence-electron chi connectivity index (χ1n) is 4.29. The summed E-state index contributed by atoms with van der Waals surface area (Å²) >= 11 is 5.67. The van der Waals surface area contributed by atoms with Gasteiger partial charge in [-0.05, 0) is 11.5 Å². The molecule has 4 nitrogen and oxygen atoms in total. The van der Waals surface area contributed by atoms with Gasteiger partial charge in [-0.1, -0.05) is 35.9 Å². The van der Waals surface area contributed by atoms with Crippen molar-refractivity contribution >= 4 is 32.5 Å². The summed E-state index contributed by atoms with van der Waals surface area (Å²) < 4.78 is 31.4. The van der Waals surface area contributed by atoms with Gasteiger partial charge >= 0.3 is 0 Å². The molecule has 0 fully saturated rings. The van der Waals surface area contributed by atoms with Crippen LogP contribution in [0.4, 0.5) is 0 Å². The fourth-order valence-electron chi connectivity index (χ4n) is 1.53. The van der Waals surface area contributed by atoms with Gasteiger partial charge in [-0.2, -0.15) is 8.42 Å². The number of fused-ring (bicyclic) bond motifs is 1. The maximum atomic E-state index is 11.2. The molecule has 0 saturated heterocycles. The normalized spacial score (nSPS) is 11.9. The molecular weight excluding hydrogens is 252 g/mol. The number of hydrogen-bond donors (Lipinski definition) is 2. The van der Waals surface area contributed by atoms with E-state index in [2.05, 4.69) is 0 Å². The summed E-state index contributed by atoms with van der Waals surface area (Å²) in [6.45, 7) is 0. The highest BCUT2D eigenvalue weighted by Crippen LogP contribution is 2.37. The third kappa shape index (κ3) is 1.73. The average molecular weight is 259 g/mol. The summed E-state index contributed by atoms with van der Waals surface area (Å²) in [6, 6.07) is 7.85. The van der Waals surface area contributed by atoms with Crippen LogP contribution in [0.5, 0.6) is 5.75 Å². The third-order valence-electron chi connectivity index (χ3n) is 2.19. The molecule has 2 aromatic carbocycles. The van der Waals surface area contributed by atoms with Crippen LogP contribution >= 0.6 is 11.6 Å². The van der Waals surface area contributed by atoms with Gasteiger partial charge in [0.1, 0.15) is 4.90 Å². The molecule has 0 bridgehead atoms. The third-order valence-corrected chi connectivity index (χ3v) is 3.40. The number of phenols is 1. The SMILES string of the molecule is O=S(=O)(O)c1c(O)c(Cl)cc2ccccc12. The van der Waals surface area contributed by atoms with Crippen LogP contribution in [-0.4, -0.2) is 18.1 Å². The van der Waals surface area contributed by atoms with Crippen molar-refractivity contribution in [2.45, 2.75) is 4.90 Å². The van der Waals surface area contributed by atoms with Gasteiger partial charge in [0.15, 0.2) is 5.75 Å². The molecule has 0 aliphatic rings. The Hall–Kier alpha value is -1.30. The van der Waals surface area contributed by atoms with Crippen LogP contribution in [0.3, 0.4) is 0 Å². The predicted molar refractivity (Wildman–Crippen MR) is 60.4 cm³/mol. The van der Waals surface area contributed by atoms with Gasteiger partial charge in [0.2, 0.25) is 0 Å². The molecule has 2 rings (SSSR count). The molecule has 0 amide bonds. The molecule has 16 heavy (non-hydrogen) atoms. The van der Waals surface area contributed by atoms with Crippen LogP contribution in [0.2, 0.25) is 5.02 Å². The van der Waals surface area contributed by atoms with E-state index < -0.39 is 20.8 Å². The van der Waals surface area contributed by atoms with Crippen LogP contribution in [0.25, 0.3) is 10.8 Å². The van der Waals surface area contributed by atoms with Gasteiger partial charge in [-0.3, -0.25) is 4.55 Å². The quantitative estimate of drug-likeness (QED) is 0.771. The van der Waals surface area contributed by atoms with E-state index in [9.17, 15) is 13.5 Å². The molecule has 6 heteroatoms. The van der Waals surface area contributed by atoms with E-state index in [-0.39, 0.29) is 10.4 Å². The topological polar surface area (TPSA) is 74.6 Å². The van der Waals surface area contributed by atoms with E-state index in [1.165, 1.54) is 12.1 Å². The van der Waals surface area contributed by atoms with E-state index in [1.54, 1.807) is 18.2 Å². The van der Waals surface area contributed by atoms with E-state index >= 15 is 0 Å². The molecule has 2 N–H and O–H groups in total. The first kappa shape index (κ1) is 11.2. The molecule has 0 atom stereocenters. The molecule has 0 unspecified atom stereocenters. The number of benzene rings is 2. The molecule has 0 heterocycles. The van der Waals surface area contributed by atoms with Crippen molar-refractivity contribution < 1.29 is 18.1 Å². The molecule has 0 aromatic heterocycles. The summed E-state index contributed by atoms with van der Waals surface area (Å²) in [5.74, 6) is -0.636. The maximum Gasteiger partial charge on any atom is 0.298 e. The van der Waals surface area contributed by atoms with Crippen LogP contribution in [0, 0.1) is 0 Å². The second kappa shape index (κ2) is 3.62. The Bertz CT molecular complexity index is 664. The van der Waals surface area contributed by atoms with E-state index in [4.69, 9.17) is 16.2 Å². The smallest absolute Gasteiger partial charge is 0.298 e. The average Bonchev–Trinajstić information content (AvgIpc) is 2.17. The zero-order chi connectivity index (χ0) is 11.9. The van der Waals surface area contributed by atoms with Crippen molar-refractivity contribution in [3.8, 4) is 5.75 Å². The first-order chi connectivity index (χ1) is 7.41. The lowest BCUT2D eigenvalue weighted by atomic mass is 10.1. The van der Waals surface area contributed by atoms with Crippen LogP contribution in [0.1, 0.15) is 0 Å². The second-order valence-electron chi connectivity index (χ2n) is 3.23.